The van der Waals surface area contributed by atoms with Gasteiger partial charge in [0.1, 0.15) is 0 Å². The second-order valence-corrected chi connectivity index (χ2v) is 0.642. The fraction of sp³-hybridized carbons (Fsp3) is 0. The summed E-state index contributed by atoms with van der Waals surface area (Å²) in [5.74, 6) is 4.29. The van der Waals surface area contributed by atoms with Crippen molar-refractivity contribution in [1.82, 2.24) is 5.32 Å². The van der Waals surface area contributed by atoms with Crippen LogP contribution in [0.25, 0.3) is 0 Å². The lowest BCUT2D eigenvalue weighted by Gasteiger charge is -1.86. The molecule has 0 aromatic heterocycles. The number of nitrogens with two attached hydrogens (primary N) is 1. The van der Waals surface area contributed by atoms with Crippen molar-refractivity contribution in [3.8, 4) is 6.19 Å². The molecule has 0 saturated heterocycles. The standard InChI is InChI=1S/C2H3N3O2/c3-1-5-2(6)7-4/h4H2,(H,5,6). The van der Waals surface area contributed by atoms with E-state index >= 15 is 0 Å². The fourth-order valence-electron chi connectivity index (χ4n) is 0.0751. The molecule has 0 saturated carbocycles. The minimum atomic E-state index is -0.956. The van der Waals surface area contributed by atoms with Gasteiger partial charge < -0.3 is 4.84 Å². The van der Waals surface area contributed by atoms with E-state index in [1.54, 1.807) is 5.32 Å². The minimum absolute atomic E-state index is 0.956. The number of nitrogens with zero attached hydrogens (tertiary/aromatic N) is 1. The highest BCUT2D eigenvalue weighted by Crippen LogP contribution is 1.59. The van der Waals surface area contributed by atoms with Crippen LogP contribution in [-0.4, -0.2) is 6.09 Å². The highest BCUT2D eigenvalue weighted by molar-refractivity contribution is 5.68. The number of hydrogen-bond donors (Lipinski definition) is 2. The van der Waals surface area contributed by atoms with E-state index in [9.17, 15) is 4.79 Å². The van der Waals surface area contributed by atoms with Crippen LogP contribution in [-0.2, 0) is 4.84 Å². The van der Waals surface area contributed by atoms with Gasteiger partial charge in [-0.15, -0.1) is 0 Å². The molecule has 0 heterocycles. The predicted octanol–water partition coefficient (Wildman–Crippen LogP) is -0.933. The second-order valence-electron chi connectivity index (χ2n) is 0.642. The van der Waals surface area contributed by atoms with Gasteiger partial charge in [0, 0.05) is 0 Å². The Kier molecular flexibility index (Phi) is 2.40. The van der Waals surface area contributed by atoms with Crippen molar-refractivity contribution in [3.05, 3.63) is 0 Å². The summed E-state index contributed by atoms with van der Waals surface area (Å²) in [5, 5.41) is 9.26. The minimum Gasteiger partial charge on any atom is -0.356 e. The summed E-state index contributed by atoms with van der Waals surface area (Å²) in [6.45, 7) is 0. The molecule has 0 aromatic rings. The Hall–Kier alpha value is -1.28. The van der Waals surface area contributed by atoms with Crippen molar-refractivity contribution in [2.24, 2.45) is 5.90 Å². The van der Waals surface area contributed by atoms with Crippen molar-refractivity contribution in [1.29, 1.82) is 5.26 Å². The molecule has 1 amide bonds. The summed E-state index contributed by atoms with van der Waals surface area (Å²) in [6, 6.07) is 0. The second kappa shape index (κ2) is 2.93. The summed E-state index contributed by atoms with van der Waals surface area (Å²) in [6.07, 6.45) is 0.358. The first kappa shape index (κ1) is 5.72. The Balaban J connectivity index is 3.23. The Morgan fingerprint density at radius 2 is 2.57 bits per heavy atom. The van der Waals surface area contributed by atoms with Gasteiger partial charge in [-0.05, 0) is 0 Å². The third-order valence-electron chi connectivity index (χ3n) is 0.265. The summed E-state index contributed by atoms with van der Waals surface area (Å²) in [4.78, 5) is 13.2. The van der Waals surface area contributed by atoms with Crippen LogP contribution >= 0.6 is 0 Å². The normalized spacial score (nSPS) is 6.29. The Bertz CT molecular complexity index is 104. The van der Waals surface area contributed by atoms with Gasteiger partial charge in [-0.25, -0.2) is 10.1 Å². The van der Waals surface area contributed by atoms with E-state index < -0.39 is 6.09 Å². The van der Waals surface area contributed by atoms with Crippen LogP contribution in [0.5, 0.6) is 0 Å². The molecular formula is C2H3N3O2. The first-order valence-electron chi connectivity index (χ1n) is 1.37. The molecule has 0 atom stereocenters. The average molecular weight is 101 g/mol. The van der Waals surface area contributed by atoms with E-state index in [2.05, 4.69) is 10.7 Å². The maximum atomic E-state index is 9.73. The largest absolute Gasteiger partial charge is 0.439 e. The van der Waals surface area contributed by atoms with Crippen molar-refractivity contribution in [2.75, 3.05) is 0 Å². The first-order chi connectivity index (χ1) is 3.31. The number of nitriles is 1. The van der Waals surface area contributed by atoms with Gasteiger partial charge in [-0.2, -0.15) is 11.2 Å². The highest BCUT2D eigenvalue weighted by atomic mass is 16.7. The van der Waals surface area contributed by atoms with Crippen molar-refractivity contribution in [3.63, 3.8) is 0 Å². The van der Waals surface area contributed by atoms with Crippen molar-refractivity contribution >= 4 is 6.09 Å². The molecule has 3 N–H and O–H groups in total. The van der Waals surface area contributed by atoms with E-state index in [0.717, 1.165) is 0 Å². The lowest BCUT2D eigenvalue weighted by atomic mass is 11.1. The van der Waals surface area contributed by atoms with Crippen LogP contribution in [0.4, 0.5) is 4.79 Å². The Labute approximate surface area is 39.6 Å². The molecule has 0 aliphatic carbocycles. The number of carbonyl (C=O) groups is 1. The van der Waals surface area contributed by atoms with Crippen LogP contribution in [0.15, 0.2) is 0 Å². The molecular weight excluding hydrogens is 98.0 g/mol. The molecule has 0 aliphatic rings. The molecule has 0 rings (SSSR count). The topological polar surface area (TPSA) is 88.1 Å². The Morgan fingerprint density at radius 3 is 2.71 bits per heavy atom. The zero-order chi connectivity index (χ0) is 5.70. The molecule has 5 nitrogen and oxygen atoms in total. The van der Waals surface area contributed by atoms with E-state index in [1.165, 1.54) is 6.19 Å². The molecule has 0 aliphatic heterocycles. The maximum absolute atomic E-state index is 9.73. The SMILES string of the molecule is N#CNC(=O)ON. The van der Waals surface area contributed by atoms with E-state index in [-0.39, 0.29) is 0 Å². The van der Waals surface area contributed by atoms with Crippen LogP contribution in [0.3, 0.4) is 0 Å². The maximum Gasteiger partial charge on any atom is 0.439 e. The molecule has 7 heavy (non-hydrogen) atoms. The monoisotopic (exact) mass is 101 g/mol. The number of amides is 1. The van der Waals surface area contributed by atoms with Crippen LogP contribution in [0.1, 0.15) is 0 Å². The molecule has 5 heteroatoms. The number of hydrogen-bond acceptors (Lipinski definition) is 4. The van der Waals surface area contributed by atoms with Gasteiger partial charge in [0.05, 0.1) is 0 Å². The van der Waals surface area contributed by atoms with Gasteiger partial charge in [0.25, 0.3) is 0 Å². The van der Waals surface area contributed by atoms with Gasteiger partial charge in [0.15, 0.2) is 6.19 Å². The average Bonchev–Trinajstić information content (AvgIpc) is 1.68. The molecule has 0 spiro atoms. The predicted molar refractivity (Wildman–Crippen MR) is 19.4 cm³/mol. The van der Waals surface area contributed by atoms with E-state index in [4.69, 9.17) is 5.26 Å². The fourth-order valence-corrected chi connectivity index (χ4v) is 0.0751. The van der Waals surface area contributed by atoms with Crippen molar-refractivity contribution in [2.45, 2.75) is 0 Å². The third-order valence-corrected chi connectivity index (χ3v) is 0.265. The molecule has 38 valence electrons. The third kappa shape index (κ3) is 2.52. The zero-order valence-corrected chi connectivity index (χ0v) is 3.34. The van der Waals surface area contributed by atoms with Gasteiger partial charge in [-0.3, -0.25) is 0 Å². The first-order valence-corrected chi connectivity index (χ1v) is 1.37. The highest BCUT2D eigenvalue weighted by Gasteiger charge is 1.91. The summed E-state index contributed by atoms with van der Waals surface area (Å²) in [7, 11) is 0. The molecule has 0 aromatic carbocycles. The molecule has 0 unspecified atom stereocenters. The molecule has 0 fully saturated rings. The van der Waals surface area contributed by atoms with E-state index in [1.807, 2.05) is 0 Å². The summed E-state index contributed by atoms with van der Waals surface area (Å²) < 4.78 is 0. The van der Waals surface area contributed by atoms with Gasteiger partial charge in [0.2, 0.25) is 0 Å². The number of carbonyl (C=O) groups excluding carboxylic acids is 1. The van der Waals surface area contributed by atoms with Crippen LogP contribution < -0.4 is 11.2 Å². The van der Waals surface area contributed by atoms with Gasteiger partial charge in [-0.1, -0.05) is 0 Å². The van der Waals surface area contributed by atoms with Crippen molar-refractivity contribution < 1.29 is 9.63 Å². The lowest BCUT2D eigenvalue weighted by molar-refractivity contribution is 0.152. The van der Waals surface area contributed by atoms with E-state index in [0.29, 0.717) is 0 Å². The lowest BCUT2D eigenvalue weighted by Crippen LogP contribution is -2.21. The molecule has 0 radical (unpaired) electrons. The summed E-state index contributed by atoms with van der Waals surface area (Å²) >= 11 is 0. The number of rotatable bonds is 0. The number of nitrogens with one attached hydrogen (secondary N) is 1. The smallest absolute Gasteiger partial charge is 0.356 e. The molecule has 0 bridgehead atoms. The Morgan fingerprint density at radius 1 is 2.00 bits per heavy atom. The van der Waals surface area contributed by atoms with Gasteiger partial charge >= 0.3 is 6.09 Å². The van der Waals surface area contributed by atoms with Crippen LogP contribution in [0.2, 0.25) is 0 Å². The summed E-state index contributed by atoms with van der Waals surface area (Å²) in [5.41, 5.74) is 0. The quantitative estimate of drug-likeness (QED) is 0.234. The zero-order valence-electron chi connectivity index (χ0n) is 3.34. The van der Waals surface area contributed by atoms with Crippen LogP contribution in [0, 0.1) is 11.5 Å².